The maximum absolute atomic E-state index is 3.70. The quantitative estimate of drug-likeness (QED) is 0.713. The van der Waals surface area contributed by atoms with Crippen LogP contribution in [0.15, 0.2) is 0 Å². The Bertz CT molecular complexity index is 153. The highest BCUT2D eigenvalue weighted by Gasteiger charge is 2.34. The van der Waals surface area contributed by atoms with E-state index in [0.717, 1.165) is 18.1 Å². The monoisotopic (exact) mass is 182 g/mol. The Kier molecular flexibility index (Phi) is 2.89. The summed E-state index contributed by atoms with van der Waals surface area (Å²) in [6.07, 6.45) is 5.61. The van der Waals surface area contributed by atoms with Gasteiger partial charge in [-0.05, 0) is 38.8 Å². The van der Waals surface area contributed by atoms with Gasteiger partial charge >= 0.3 is 0 Å². The lowest BCUT2D eigenvalue weighted by Crippen LogP contribution is -2.48. The molecule has 2 heterocycles. The van der Waals surface area contributed by atoms with Gasteiger partial charge in [0.05, 0.1) is 0 Å². The van der Waals surface area contributed by atoms with E-state index >= 15 is 0 Å². The average molecular weight is 182 g/mol. The summed E-state index contributed by atoms with van der Waals surface area (Å²) in [5, 5.41) is 3.70. The van der Waals surface area contributed by atoms with Crippen LogP contribution in [0.4, 0.5) is 0 Å². The first-order chi connectivity index (χ1) is 6.33. The van der Waals surface area contributed by atoms with E-state index in [4.69, 9.17) is 0 Å². The molecule has 0 aromatic rings. The Labute approximate surface area is 81.7 Å². The molecule has 1 N–H and O–H groups in total. The van der Waals surface area contributed by atoms with Crippen LogP contribution in [0.3, 0.4) is 0 Å². The van der Waals surface area contributed by atoms with Crippen LogP contribution >= 0.6 is 0 Å². The lowest BCUT2D eigenvalue weighted by molar-refractivity contribution is 0.155. The van der Waals surface area contributed by atoms with Gasteiger partial charge in [-0.1, -0.05) is 13.8 Å². The van der Waals surface area contributed by atoms with Crippen molar-refractivity contribution in [2.45, 2.75) is 57.7 Å². The van der Waals surface area contributed by atoms with E-state index in [2.05, 4.69) is 24.1 Å². The van der Waals surface area contributed by atoms with Crippen LogP contribution < -0.4 is 5.32 Å². The van der Waals surface area contributed by atoms with Gasteiger partial charge in [0.1, 0.15) is 0 Å². The van der Waals surface area contributed by atoms with Crippen molar-refractivity contribution in [3.8, 4) is 0 Å². The molecule has 0 saturated carbocycles. The van der Waals surface area contributed by atoms with E-state index in [0.29, 0.717) is 0 Å². The molecule has 0 aromatic heterocycles. The first kappa shape index (κ1) is 9.47. The zero-order valence-corrected chi connectivity index (χ0v) is 8.92. The normalized spacial score (nSPS) is 38.5. The van der Waals surface area contributed by atoms with Gasteiger partial charge in [-0.25, -0.2) is 0 Å². The van der Waals surface area contributed by atoms with Gasteiger partial charge in [-0.15, -0.1) is 0 Å². The predicted molar refractivity (Wildman–Crippen MR) is 55.9 cm³/mol. The van der Waals surface area contributed by atoms with Gasteiger partial charge in [-0.3, -0.25) is 0 Å². The second-order valence-electron chi connectivity index (χ2n) is 4.48. The Morgan fingerprint density at radius 3 is 2.08 bits per heavy atom. The highest BCUT2D eigenvalue weighted by Crippen LogP contribution is 2.29. The molecule has 2 saturated heterocycles. The van der Waals surface area contributed by atoms with Gasteiger partial charge in [-0.2, -0.15) is 0 Å². The van der Waals surface area contributed by atoms with Crippen molar-refractivity contribution >= 4 is 0 Å². The average Bonchev–Trinajstić information content (AvgIpc) is 2.48. The van der Waals surface area contributed by atoms with Gasteiger partial charge < -0.3 is 10.2 Å². The van der Waals surface area contributed by atoms with Crippen molar-refractivity contribution in [3.63, 3.8) is 0 Å². The van der Waals surface area contributed by atoms with E-state index in [1.165, 1.54) is 38.8 Å². The van der Waals surface area contributed by atoms with Crippen LogP contribution in [0.5, 0.6) is 0 Å². The molecule has 76 valence electrons. The maximum Gasteiger partial charge on any atom is 0.0125 e. The summed E-state index contributed by atoms with van der Waals surface area (Å²) >= 11 is 0. The molecule has 2 aliphatic rings. The smallest absolute Gasteiger partial charge is 0.0125 e. The van der Waals surface area contributed by atoms with Crippen LogP contribution in [-0.2, 0) is 0 Å². The Morgan fingerprint density at radius 1 is 1.08 bits per heavy atom. The summed E-state index contributed by atoms with van der Waals surface area (Å²) in [4.78, 5) is 2.63. The third-order valence-corrected chi connectivity index (χ3v) is 3.78. The fourth-order valence-corrected chi connectivity index (χ4v) is 3.07. The summed E-state index contributed by atoms with van der Waals surface area (Å²) in [7, 11) is 0. The van der Waals surface area contributed by atoms with Crippen LogP contribution in [0, 0.1) is 0 Å². The number of hydrogen-bond acceptors (Lipinski definition) is 2. The van der Waals surface area contributed by atoms with Gasteiger partial charge in [0.25, 0.3) is 0 Å². The molecule has 0 radical (unpaired) electrons. The number of piperidine rings is 1. The first-order valence-electron chi connectivity index (χ1n) is 5.83. The van der Waals surface area contributed by atoms with Crippen LogP contribution in [0.2, 0.25) is 0 Å². The molecule has 0 spiro atoms. The summed E-state index contributed by atoms with van der Waals surface area (Å²) < 4.78 is 0. The SMILES string of the molecule is CCN(CC)C1CC2CCC(C1)N2. The Hall–Kier alpha value is -0.0800. The molecule has 2 atom stereocenters. The molecule has 2 nitrogen and oxygen atoms in total. The highest BCUT2D eigenvalue weighted by molar-refractivity contribution is 4.95. The molecule has 2 rings (SSSR count). The molecule has 0 amide bonds. The number of rotatable bonds is 3. The molecular weight excluding hydrogens is 160 g/mol. The van der Waals surface area contributed by atoms with Crippen LogP contribution in [-0.4, -0.2) is 36.1 Å². The largest absolute Gasteiger partial charge is 0.311 e. The van der Waals surface area contributed by atoms with Gasteiger partial charge in [0, 0.05) is 18.1 Å². The molecule has 2 bridgehead atoms. The highest BCUT2D eigenvalue weighted by atomic mass is 15.2. The fraction of sp³-hybridized carbons (Fsp3) is 1.00. The zero-order valence-electron chi connectivity index (χ0n) is 8.92. The number of fused-ring (bicyclic) bond motifs is 2. The van der Waals surface area contributed by atoms with E-state index in [-0.39, 0.29) is 0 Å². The fourth-order valence-electron chi connectivity index (χ4n) is 3.07. The number of nitrogens with one attached hydrogen (secondary N) is 1. The standard InChI is InChI=1S/C11H22N2/c1-3-13(4-2)11-7-9-5-6-10(8-11)12-9/h9-12H,3-8H2,1-2H3. The summed E-state index contributed by atoms with van der Waals surface area (Å²) in [6.45, 7) is 7.02. The molecule has 2 aliphatic heterocycles. The molecule has 2 unspecified atom stereocenters. The lowest BCUT2D eigenvalue weighted by atomic mass is 9.98. The molecule has 13 heavy (non-hydrogen) atoms. The van der Waals surface area contributed by atoms with Gasteiger partial charge in [0.2, 0.25) is 0 Å². The number of nitrogens with zero attached hydrogens (tertiary/aromatic N) is 1. The third kappa shape index (κ3) is 1.89. The first-order valence-corrected chi connectivity index (χ1v) is 5.83. The summed E-state index contributed by atoms with van der Waals surface area (Å²) in [6, 6.07) is 2.54. The van der Waals surface area contributed by atoms with Crippen molar-refractivity contribution in [3.05, 3.63) is 0 Å². The van der Waals surface area contributed by atoms with Crippen LogP contribution in [0.1, 0.15) is 39.5 Å². The minimum Gasteiger partial charge on any atom is -0.311 e. The van der Waals surface area contributed by atoms with Crippen molar-refractivity contribution < 1.29 is 0 Å². The zero-order chi connectivity index (χ0) is 9.26. The molecule has 2 fully saturated rings. The maximum atomic E-state index is 3.70. The molecule has 0 aliphatic carbocycles. The molecular formula is C11H22N2. The van der Waals surface area contributed by atoms with E-state index in [1.807, 2.05) is 0 Å². The van der Waals surface area contributed by atoms with Gasteiger partial charge in [0.15, 0.2) is 0 Å². The molecule has 0 aromatic carbocycles. The van der Waals surface area contributed by atoms with Crippen molar-refractivity contribution in [2.75, 3.05) is 13.1 Å². The Morgan fingerprint density at radius 2 is 1.62 bits per heavy atom. The van der Waals surface area contributed by atoms with Crippen molar-refractivity contribution in [1.29, 1.82) is 0 Å². The Balaban J connectivity index is 1.93. The van der Waals surface area contributed by atoms with E-state index < -0.39 is 0 Å². The minimum atomic E-state index is 0.837. The van der Waals surface area contributed by atoms with Crippen molar-refractivity contribution in [1.82, 2.24) is 10.2 Å². The second kappa shape index (κ2) is 3.97. The van der Waals surface area contributed by atoms with Crippen molar-refractivity contribution in [2.24, 2.45) is 0 Å². The second-order valence-corrected chi connectivity index (χ2v) is 4.48. The number of hydrogen-bond donors (Lipinski definition) is 1. The van der Waals surface area contributed by atoms with E-state index in [1.54, 1.807) is 0 Å². The van der Waals surface area contributed by atoms with Crippen LogP contribution in [0.25, 0.3) is 0 Å². The minimum absolute atomic E-state index is 0.837. The molecule has 2 heteroatoms. The topological polar surface area (TPSA) is 15.3 Å². The predicted octanol–water partition coefficient (Wildman–Crippen LogP) is 1.61. The summed E-state index contributed by atoms with van der Waals surface area (Å²) in [5.74, 6) is 0. The third-order valence-electron chi connectivity index (χ3n) is 3.78. The van der Waals surface area contributed by atoms with E-state index in [9.17, 15) is 0 Å². The lowest BCUT2D eigenvalue weighted by Gasteiger charge is -2.36. The summed E-state index contributed by atoms with van der Waals surface area (Å²) in [5.41, 5.74) is 0.